The van der Waals surface area contributed by atoms with E-state index in [1.807, 2.05) is 4.68 Å². The lowest BCUT2D eigenvalue weighted by Gasteiger charge is -2.29. The van der Waals surface area contributed by atoms with Crippen molar-refractivity contribution in [2.45, 2.75) is 32.2 Å². The molecule has 0 radical (unpaired) electrons. The van der Waals surface area contributed by atoms with Gasteiger partial charge in [-0.2, -0.15) is 0 Å². The summed E-state index contributed by atoms with van der Waals surface area (Å²) in [5.74, 6) is -0.937. The Labute approximate surface area is 123 Å². The summed E-state index contributed by atoms with van der Waals surface area (Å²) in [7, 11) is 0. The number of aromatic carboxylic acids is 1. The van der Waals surface area contributed by atoms with Gasteiger partial charge in [0.2, 0.25) is 0 Å². The fourth-order valence-corrected chi connectivity index (χ4v) is 2.99. The summed E-state index contributed by atoms with van der Waals surface area (Å²) in [6, 6.07) is 5.21. The van der Waals surface area contributed by atoms with Crippen molar-refractivity contribution in [3.63, 3.8) is 0 Å². The van der Waals surface area contributed by atoms with E-state index in [9.17, 15) is 4.79 Å². The summed E-state index contributed by atoms with van der Waals surface area (Å²) >= 11 is 0. The van der Waals surface area contributed by atoms with Crippen LogP contribution >= 0.6 is 0 Å². The van der Waals surface area contributed by atoms with E-state index in [-0.39, 0.29) is 11.6 Å². The summed E-state index contributed by atoms with van der Waals surface area (Å²) in [6.07, 6.45) is 3.87. The Morgan fingerprint density at radius 3 is 2.81 bits per heavy atom. The molecule has 3 rings (SSSR count). The first-order chi connectivity index (χ1) is 10.1. The molecule has 1 unspecified atom stereocenters. The number of carboxylic acids is 1. The highest BCUT2D eigenvalue weighted by atomic mass is 16.4. The van der Waals surface area contributed by atoms with Crippen molar-refractivity contribution < 1.29 is 9.90 Å². The zero-order valence-electron chi connectivity index (χ0n) is 12.2. The SMILES string of the molecule is CC(CN1CCCCC1)n1nnc2cc(C(=O)O)ccc21. The predicted molar refractivity (Wildman–Crippen MR) is 79.5 cm³/mol. The lowest BCUT2D eigenvalue weighted by molar-refractivity contribution is 0.0697. The highest BCUT2D eigenvalue weighted by Gasteiger charge is 2.17. The van der Waals surface area contributed by atoms with Gasteiger partial charge in [0.15, 0.2) is 0 Å². The molecule has 1 atom stereocenters. The monoisotopic (exact) mass is 288 g/mol. The van der Waals surface area contributed by atoms with Gasteiger partial charge in [-0.05, 0) is 51.1 Å². The molecule has 21 heavy (non-hydrogen) atoms. The molecule has 1 aliphatic rings. The van der Waals surface area contributed by atoms with E-state index >= 15 is 0 Å². The largest absolute Gasteiger partial charge is 0.478 e. The second-order valence-corrected chi connectivity index (χ2v) is 5.75. The average Bonchev–Trinajstić information content (AvgIpc) is 2.91. The summed E-state index contributed by atoms with van der Waals surface area (Å²) in [6.45, 7) is 5.40. The van der Waals surface area contributed by atoms with Gasteiger partial charge in [0.1, 0.15) is 5.52 Å². The molecule has 1 N–H and O–H groups in total. The molecule has 0 bridgehead atoms. The molecule has 0 amide bonds. The number of likely N-dealkylation sites (tertiary alicyclic amines) is 1. The van der Waals surface area contributed by atoms with E-state index in [0.717, 1.165) is 25.2 Å². The van der Waals surface area contributed by atoms with Crippen molar-refractivity contribution in [1.82, 2.24) is 19.9 Å². The molecule has 1 saturated heterocycles. The highest BCUT2D eigenvalue weighted by molar-refractivity contribution is 5.92. The zero-order valence-corrected chi connectivity index (χ0v) is 12.2. The quantitative estimate of drug-likeness (QED) is 0.933. The lowest BCUT2D eigenvalue weighted by atomic mass is 10.1. The van der Waals surface area contributed by atoms with Gasteiger partial charge in [0, 0.05) is 6.54 Å². The number of carboxylic acid groups (broad SMARTS) is 1. The average molecular weight is 288 g/mol. The number of hydrogen-bond donors (Lipinski definition) is 1. The molecule has 1 fully saturated rings. The van der Waals surface area contributed by atoms with Crippen LogP contribution in [-0.4, -0.2) is 50.6 Å². The molecule has 6 heteroatoms. The fraction of sp³-hybridized carbons (Fsp3) is 0.533. The van der Waals surface area contributed by atoms with Crippen molar-refractivity contribution in [3.8, 4) is 0 Å². The first-order valence-electron chi connectivity index (χ1n) is 7.46. The van der Waals surface area contributed by atoms with E-state index in [4.69, 9.17) is 5.11 Å². The lowest BCUT2D eigenvalue weighted by Crippen LogP contribution is -2.34. The van der Waals surface area contributed by atoms with Crippen molar-refractivity contribution in [1.29, 1.82) is 0 Å². The van der Waals surface area contributed by atoms with Gasteiger partial charge < -0.3 is 10.0 Å². The van der Waals surface area contributed by atoms with Crippen LogP contribution < -0.4 is 0 Å². The molecule has 0 aliphatic carbocycles. The molecule has 1 aromatic heterocycles. The Kier molecular flexibility index (Phi) is 3.88. The van der Waals surface area contributed by atoms with Crippen molar-refractivity contribution in [3.05, 3.63) is 23.8 Å². The molecular weight excluding hydrogens is 268 g/mol. The van der Waals surface area contributed by atoms with Gasteiger partial charge >= 0.3 is 5.97 Å². The Morgan fingerprint density at radius 1 is 1.33 bits per heavy atom. The second-order valence-electron chi connectivity index (χ2n) is 5.75. The maximum Gasteiger partial charge on any atom is 0.335 e. The molecule has 0 spiro atoms. The van der Waals surface area contributed by atoms with Crippen molar-refractivity contribution in [2.75, 3.05) is 19.6 Å². The molecule has 1 aliphatic heterocycles. The predicted octanol–water partition coefficient (Wildman–Crippen LogP) is 2.18. The molecule has 1 aromatic carbocycles. The van der Waals surface area contributed by atoms with Gasteiger partial charge in [-0.25, -0.2) is 9.48 Å². The van der Waals surface area contributed by atoms with Crippen LogP contribution in [0.1, 0.15) is 42.6 Å². The smallest absolute Gasteiger partial charge is 0.335 e. The summed E-state index contributed by atoms with van der Waals surface area (Å²) < 4.78 is 1.90. The van der Waals surface area contributed by atoms with Crippen molar-refractivity contribution in [2.24, 2.45) is 0 Å². The highest BCUT2D eigenvalue weighted by Crippen LogP contribution is 2.19. The Morgan fingerprint density at radius 2 is 2.10 bits per heavy atom. The molecular formula is C15H20N4O2. The number of carbonyl (C=O) groups is 1. The molecule has 2 heterocycles. The van der Waals surface area contributed by atoms with E-state index in [0.29, 0.717) is 5.52 Å². The summed E-state index contributed by atoms with van der Waals surface area (Å²) in [5.41, 5.74) is 1.78. The van der Waals surface area contributed by atoms with E-state index in [1.165, 1.54) is 19.3 Å². The maximum atomic E-state index is 11.0. The minimum Gasteiger partial charge on any atom is -0.478 e. The molecule has 0 saturated carbocycles. The van der Waals surface area contributed by atoms with Gasteiger partial charge in [0.05, 0.1) is 17.1 Å². The number of piperidine rings is 1. The minimum absolute atomic E-state index is 0.226. The third-order valence-corrected chi connectivity index (χ3v) is 4.11. The third kappa shape index (κ3) is 2.90. The standard InChI is InChI=1S/C15H20N4O2/c1-11(10-18-7-3-2-4-8-18)19-14-6-5-12(15(20)21)9-13(14)16-17-19/h5-6,9,11H,2-4,7-8,10H2,1H3,(H,20,21). The Balaban J connectivity index is 1.81. The summed E-state index contributed by atoms with van der Waals surface area (Å²) in [5, 5.41) is 17.3. The summed E-state index contributed by atoms with van der Waals surface area (Å²) in [4.78, 5) is 13.5. The van der Waals surface area contributed by atoms with E-state index < -0.39 is 5.97 Å². The number of nitrogens with zero attached hydrogens (tertiary/aromatic N) is 4. The van der Waals surface area contributed by atoms with Crippen LogP contribution in [0.2, 0.25) is 0 Å². The van der Waals surface area contributed by atoms with Gasteiger partial charge in [-0.15, -0.1) is 5.10 Å². The fourth-order valence-electron chi connectivity index (χ4n) is 2.99. The van der Waals surface area contributed by atoms with Crippen molar-refractivity contribution >= 4 is 17.0 Å². The molecule has 6 nitrogen and oxygen atoms in total. The number of benzene rings is 1. The Hall–Kier alpha value is -1.95. The topological polar surface area (TPSA) is 71.2 Å². The van der Waals surface area contributed by atoms with Crippen LogP contribution in [-0.2, 0) is 0 Å². The van der Waals surface area contributed by atoms with Crippen LogP contribution in [0.25, 0.3) is 11.0 Å². The van der Waals surface area contributed by atoms with Crippen LogP contribution in [0.5, 0.6) is 0 Å². The Bertz CT molecular complexity index is 646. The number of aromatic nitrogens is 3. The minimum atomic E-state index is -0.937. The van der Waals surface area contributed by atoms with Gasteiger partial charge in [-0.1, -0.05) is 11.6 Å². The van der Waals surface area contributed by atoms with E-state index in [1.54, 1.807) is 18.2 Å². The van der Waals surface area contributed by atoms with Crippen LogP contribution in [0.4, 0.5) is 0 Å². The van der Waals surface area contributed by atoms with Gasteiger partial charge in [-0.3, -0.25) is 0 Å². The number of fused-ring (bicyclic) bond motifs is 1. The maximum absolute atomic E-state index is 11.0. The normalized spacial score (nSPS) is 18.0. The second kappa shape index (κ2) is 5.81. The van der Waals surface area contributed by atoms with Crippen LogP contribution in [0, 0.1) is 0 Å². The molecule has 2 aromatic rings. The first kappa shape index (κ1) is 14.0. The third-order valence-electron chi connectivity index (χ3n) is 4.11. The first-order valence-corrected chi connectivity index (χ1v) is 7.46. The van der Waals surface area contributed by atoms with Gasteiger partial charge in [0.25, 0.3) is 0 Å². The van der Waals surface area contributed by atoms with E-state index in [2.05, 4.69) is 22.1 Å². The van der Waals surface area contributed by atoms with Crippen LogP contribution in [0.15, 0.2) is 18.2 Å². The number of hydrogen-bond acceptors (Lipinski definition) is 4. The molecule has 112 valence electrons. The van der Waals surface area contributed by atoms with Crippen LogP contribution in [0.3, 0.4) is 0 Å². The number of rotatable bonds is 4. The zero-order chi connectivity index (χ0) is 14.8.